The molecule has 0 saturated carbocycles. The first kappa shape index (κ1) is 14.5. The van der Waals surface area contributed by atoms with Crippen LogP contribution in [0.3, 0.4) is 0 Å². The van der Waals surface area contributed by atoms with Crippen LogP contribution >= 0.6 is 15.9 Å². The fraction of sp³-hybridized carbons (Fsp3) is 0.308. The third-order valence-corrected chi connectivity index (χ3v) is 3.79. The van der Waals surface area contributed by atoms with E-state index >= 15 is 0 Å². The van der Waals surface area contributed by atoms with Crippen molar-refractivity contribution in [3.8, 4) is 0 Å². The van der Waals surface area contributed by atoms with E-state index in [1.807, 2.05) is 0 Å². The molecule has 0 radical (unpaired) electrons. The number of amides is 2. The lowest BCUT2D eigenvalue weighted by molar-refractivity contribution is -0.126. The molecule has 106 valence electrons. The number of benzene rings is 1. The number of nitrogens with one attached hydrogen (secondary N) is 2. The molecule has 0 aliphatic carbocycles. The van der Waals surface area contributed by atoms with Gasteiger partial charge in [0, 0.05) is 23.1 Å². The number of rotatable bonds is 3. The summed E-state index contributed by atoms with van der Waals surface area (Å²) >= 11 is 3.14. The number of anilines is 1. The third-order valence-electron chi connectivity index (χ3n) is 3.10. The molecule has 2 rings (SSSR count). The van der Waals surface area contributed by atoms with E-state index in [9.17, 15) is 14.4 Å². The van der Waals surface area contributed by atoms with Crippen molar-refractivity contribution in [2.75, 3.05) is 11.9 Å². The normalized spacial score (nSPS) is 18.2. The first-order valence-corrected chi connectivity index (χ1v) is 6.87. The number of hydrogen-bond donors (Lipinski definition) is 3. The Labute approximate surface area is 123 Å². The number of halogens is 1. The van der Waals surface area contributed by atoms with E-state index < -0.39 is 5.97 Å². The summed E-state index contributed by atoms with van der Waals surface area (Å²) < 4.78 is 0.452. The van der Waals surface area contributed by atoms with E-state index in [0.717, 1.165) is 0 Å². The highest BCUT2D eigenvalue weighted by Crippen LogP contribution is 2.22. The molecule has 1 atom stereocenters. The monoisotopic (exact) mass is 340 g/mol. The number of carboxylic acids is 1. The molecule has 0 spiro atoms. The van der Waals surface area contributed by atoms with E-state index in [1.54, 1.807) is 12.1 Å². The summed E-state index contributed by atoms with van der Waals surface area (Å²) in [6.45, 7) is 0.312. The van der Waals surface area contributed by atoms with Crippen molar-refractivity contribution in [2.45, 2.75) is 12.8 Å². The smallest absolute Gasteiger partial charge is 0.336 e. The van der Waals surface area contributed by atoms with Gasteiger partial charge < -0.3 is 15.7 Å². The van der Waals surface area contributed by atoms with Gasteiger partial charge in [-0.3, -0.25) is 9.59 Å². The van der Waals surface area contributed by atoms with Gasteiger partial charge in [0.15, 0.2) is 0 Å². The van der Waals surface area contributed by atoms with Crippen molar-refractivity contribution in [1.29, 1.82) is 0 Å². The van der Waals surface area contributed by atoms with Gasteiger partial charge in [0.1, 0.15) is 0 Å². The molecule has 2 amide bonds. The lowest BCUT2D eigenvalue weighted by Gasteiger charge is -2.21. The summed E-state index contributed by atoms with van der Waals surface area (Å²) in [6, 6.07) is 4.59. The quantitative estimate of drug-likeness (QED) is 0.778. The molecular weight excluding hydrogens is 328 g/mol. The zero-order chi connectivity index (χ0) is 14.7. The number of carbonyl (C=O) groups excluding carboxylic acids is 2. The van der Waals surface area contributed by atoms with Gasteiger partial charge >= 0.3 is 5.97 Å². The van der Waals surface area contributed by atoms with Crippen LogP contribution in [-0.2, 0) is 9.59 Å². The Kier molecular flexibility index (Phi) is 4.39. The van der Waals surface area contributed by atoms with Gasteiger partial charge in [-0.25, -0.2) is 4.79 Å². The van der Waals surface area contributed by atoms with Gasteiger partial charge in [-0.1, -0.05) is 0 Å². The first-order chi connectivity index (χ1) is 9.47. The van der Waals surface area contributed by atoms with E-state index in [2.05, 4.69) is 26.6 Å². The lowest BCUT2D eigenvalue weighted by atomic mass is 9.98. The minimum atomic E-state index is -1.07. The highest BCUT2D eigenvalue weighted by Gasteiger charge is 2.24. The van der Waals surface area contributed by atoms with E-state index in [1.165, 1.54) is 6.07 Å². The molecule has 0 bridgehead atoms. The van der Waals surface area contributed by atoms with Crippen molar-refractivity contribution in [2.24, 2.45) is 5.92 Å². The molecule has 6 nitrogen and oxygen atoms in total. The molecule has 1 aliphatic heterocycles. The van der Waals surface area contributed by atoms with Crippen LogP contribution in [0, 0.1) is 5.92 Å². The number of piperidine rings is 1. The van der Waals surface area contributed by atoms with Gasteiger partial charge in [-0.15, -0.1) is 0 Å². The Hall–Kier alpha value is -1.89. The zero-order valence-corrected chi connectivity index (χ0v) is 12.1. The van der Waals surface area contributed by atoms with Gasteiger partial charge in [0.05, 0.1) is 11.5 Å². The average Bonchev–Trinajstić information content (AvgIpc) is 2.41. The van der Waals surface area contributed by atoms with Gasteiger partial charge in [-0.05, 0) is 40.5 Å². The number of carbonyl (C=O) groups is 3. The van der Waals surface area contributed by atoms with E-state index in [-0.39, 0.29) is 23.3 Å². The summed E-state index contributed by atoms with van der Waals surface area (Å²) in [6.07, 6.45) is 0.832. The Bertz CT molecular complexity index is 563. The Balaban J connectivity index is 2.06. The molecule has 1 fully saturated rings. The Morgan fingerprint density at radius 2 is 2.15 bits per heavy atom. The predicted molar refractivity (Wildman–Crippen MR) is 75.5 cm³/mol. The molecule has 7 heteroatoms. The highest BCUT2D eigenvalue weighted by molar-refractivity contribution is 9.10. The van der Waals surface area contributed by atoms with Crippen molar-refractivity contribution in [3.63, 3.8) is 0 Å². The minimum absolute atomic E-state index is 0.0501. The lowest BCUT2D eigenvalue weighted by Crippen LogP contribution is -2.40. The average molecular weight is 341 g/mol. The fourth-order valence-electron chi connectivity index (χ4n) is 1.97. The zero-order valence-electron chi connectivity index (χ0n) is 10.5. The van der Waals surface area contributed by atoms with Crippen LogP contribution in [-0.4, -0.2) is 29.4 Å². The second-order valence-corrected chi connectivity index (χ2v) is 5.38. The molecule has 1 aliphatic rings. The SMILES string of the molecule is O=C1CCC(C(=O)Nc2ccc(Br)c(C(=O)O)c2)CN1. The van der Waals surface area contributed by atoms with Crippen LogP contribution in [0.2, 0.25) is 0 Å². The van der Waals surface area contributed by atoms with Crippen molar-refractivity contribution in [3.05, 3.63) is 28.2 Å². The van der Waals surface area contributed by atoms with Crippen LogP contribution in [0.5, 0.6) is 0 Å². The Morgan fingerprint density at radius 3 is 2.75 bits per heavy atom. The van der Waals surface area contributed by atoms with Crippen LogP contribution < -0.4 is 10.6 Å². The third kappa shape index (κ3) is 3.36. The summed E-state index contributed by atoms with van der Waals surface area (Å²) in [4.78, 5) is 34.1. The fourth-order valence-corrected chi connectivity index (χ4v) is 2.38. The minimum Gasteiger partial charge on any atom is -0.478 e. The van der Waals surface area contributed by atoms with Crippen LogP contribution in [0.1, 0.15) is 23.2 Å². The standard InChI is InChI=1S/C13H13BrN2O4/c14-10-3-2-8(5-9(10)13(19)20)16-12(18)7-1-4-11(17)15-6-7/h2-3,5,7H,1,4,6H2,(H,15,17)(H,16,18)(H,19,20). The van der Waals surface area contributed by atoms with Crippen LogP contribution in [0.25, 0.3) is 0 Å². The van der Waals surface area contributed by atoms with Crippen molar-refractivity contribution >= 4 is 39.4 Å². The molecule has 1 aromatic rings. The Morgan fingerprint density at radius 1 is 1.40 bits per heavy atom. The number of aromatic carboxylic acids is 1. The molecule has 1 unspecified atom stereocenters. The maximum atomic E-state index is 12.0. The maximum Gasteiger partial charge on any atom is 0.336 e. The topological polar surface area (TPSA) is 95.5 Å². The summed E-state index contributed by atoms with van der Waals surface area (Å²) in [5.41, 5.74) is 0.507. The largest absolute Gasteiger partial charge is 0.478 e. The first-order valence-electron chi connectivity index (χ1n) is 6.08. The van der Waals surface area contributed by atoms with Gasteiger partial charge in [0.2, 0.25) is 11.8 Å². The van der Waals surface area contributed by atoms with E-state index in [0.29, 0.717) is 29.5 Å². The molecule has 1 saturated heterocycles. The predicted octanol–water partition coefficient (Wildman–Crippen LogP) is 1.61. The highest BCUT2D eigenvalue weighted by atomic mass is 79.9. The summed E-state index contributed by atoms with van der Waals surface area (Å²) in [5, 5.41) is 14.3. The molecular formula is C13H13BrN2O4. The van der Waals surface area contributed by atoms with Crippen molar-refractivity contribution < 1.29 is 19.5 Å². The van der Waals surface area contributed by atoms with Crippen LogP contribution in [0.4, 0.5) is 5.69 Å². The number of hydrogen-bond acceptors (Lipinski definition) is 3. The van der Waals surface area contributed by atoms with Crippen LogP contribution in [0.15, 0.2) is 22.7 Å². The molecule has 0 aromatic heterocycles. The molecule has 3 N–H and O–H groups in total. The summed E-state index contributed by atoms with van der Waals surface area (Å²) in [5.74, 6) is -1.63. The number of carboxylic acid groups (broad SMARTS) is 1. The molecule has 20 heavy (non-hydrogen) atoms. The van der Waals surface area contributed by atoms with Gasteiger partial charge in [-0.2, -0.15) is 0 Å². The molecule has 1 aromatic carbocycles. The second kappa shape index (κ2) is 6.04. The second-order valence-electron chi connectivity index (χ2n) is 4.53. The van der Waals surface area contributed by atoms with Crippen molar-refractivity contribution in [1.82, 2.24) is 5.32 Å². The summed E-state index contributed by atoms with van der Waals surface area (Å²) in [7, 11) is 0. The molecule has 1 heterocycles. The van der Waals surface area contributed by atoms with Gasteiger partial charge in [0.25, 0.3) is 0 Å². The van der Waals surface area contributed by atoms with E-state index in [4.69, 9.17) is 5.11 Å². The maximum absolute atomic E-state index is 12.0.